The number of hydrogen-bond donors (Lipinski definition) is 0. The Morgan fingerprint density at radius 3 is 2.87 bits per heavy atom. The zero-order chi connectivity index (χ0) is 10.4. The van der Waals surface area contributed by atoms with E-state index in [0.717, 1.165) is 5.52 Å². The van der Waals surface area contributed by atoms with E-state index < -0.39 is 0 Å². The van der Waals surface area contributed by atoms with Crippen molar-refractivity contribution in [1.29, 1.82) is 0 Å². The molecule has 0 aliphatic heterocycles. The minimum absolute atomic E-state index is 1.12. The average molecular weight is 213 g/mol. The number of aryl methyl sites for hydroxylation is 2. The number of fused-ring (bicyclic) bond motifs is 3. The molecule has 0 saturated carbocycles. The number of rotatable bonds is 0. The monoisotopic (exact) mass is 213 g/mol. The van der Waals surface area contributed by atoms with Crippen LogP contribution in [-0.4, -0.2) is 4.98 Å². The molecule has 0 spiro atoms. The van der Waals surface area contributed by atoms with E-state index in [1.54, 1.807) is 0 Å². The first kappa shape index (κ1) is 8.86. The molecule has 2 heteroatoms. The van der Waals surface area contributed by atoms with E-state index in [0.29, 0.717) is 0 Å². The second-order valence-electron chi connectivity index (χ2n) is 3.87. The highest BCUT2D eigenvalue weighted by molar-refractivity contribution is 7.19. The molecule has 0 fully saturated rings. The van der Waals surface area contributed by atoms with Crippen molar-refractivity contribution in [3.8, 4) is 0 Å². The van der Waals surface area contributed by atoms with Crippen LogP contribution in [0.1, 0.15) is 10.4 Å². The van der Waals surface area contributed by atoms with Crippen molar-refractivity contribution in [2.75, 3.05) is 0 Å². The molecule has 1 nitrogen and oxygen atoms in total. The number of benzene rings is 1. The molecule has 74 valence electrons. The van der Waals surface area contributed by atoms with Gasteiger partial charge in [0, 0.05) is 21.8 Å². The Hall–Kier alpha value is -1.41. The Morgan fingerprint density at radius 1 is 1.13 bits per heavy atom. The van der Waals surface area contributed by atoms with E-state index >= 15 is 0 Å². The minimum atomic E-state index is 1.12. The maximum absolute atomic E-state index is 4.50. The molecule has 0 atom stereocenters. The summed E-state index contributed by atoms with van der Waals surface area (Å²) >= 11 is 1.83. The van der Waals surface area contributed by atoms with Crippen molar-refractivity contribution in [2.45, 2.75) is 13.8 Å². The smallest absolute Gasteiger partial charge is 0.0819 e. The molecule has 0 N–H and O–H groups in total. The van der Waals surface area contributed by atoms with E-state index in [1.165, 1.54) is 25.9 Å². The third-order valence-corrected chi connectivity index (χ3v) is 3.81. The lowest BCUT2D eigenvalue weighted by molar-refractivity contribution is 1.43. The highest BCUT2D eigenvalue weighted by atomic mass is 32.1. The number of thiophene rings is 1. The molecule has 0 saturated heterocycles. The van der Waals surface area contributed by atoms with Crippen LogP contribution in [0.2, 0.25) is 0 Å². The van der Waals surface area contributed by atoms with Crippen LogP contribution < -0.4 is 0 Å². The Balaban J connectivity index is 2.59. The van der Waals surface area contributed by atoms with Gasteiger partial charge in [0.25, 0.3) is 0 Å². The third kappa shape index (κ3) is 1.25. The number of pyridine rings is 1. The standard InChI is InChI=1S/C13H11NS/c1-8-4-3-5-10-11(8)7-14-12-6-9(2)15-13(10)12/h3-7H,1-2H3. The molecule has 0 aliphatic carbocycles. The molecule has 0 unspecified atom stereocenters. The topological polar surface area (TPSA) is 12.9 Å². The molecule has 0 aliphatic rings. The van der Waals surface area contributed by atoms with Gasteiger partial charge in [-0.15, -0.1) is 11.3 Å². The van der Waals surface area contributed by atoms with Gasteiger partial charge in [0.15, 0.2) is 0 Å². The first-order valence-electron chi connectivity index (χ1n) is 5.00. The maximum atomic E-state index is 4.50. The summed E-state index contributed by atoms with van der Waals surface area (Å²) in [4.78, 5) is 5.83. The lowest BCUT2D eigenvalue weighted by atomic mass is 10.1. The van der Waals surface area contributed by atoms with Gasteiger partial charge < -0.3 is 0 Å². The van der Waals surface area contributed by atoms with Crippen LogP contribution in [0.15, 0.2) is 30.5 Å². The molecular weight excluding hydrogens is 202 g/mol. The molecule has 2 heterocycles. The van der Waals surface area contributed by atoms with Crippen molar-refractivity contribution in [2.24, 2.45) is 0 Å². The van der Waals surface area contributed by atoms with Crippen LogP contribution >= 0.6 is 11.3 Å². The zero-order valence-corrected chi connectivity index (χ0v) is 9.56. The fourth-order valence-electron chi connectivity index (χ4n) is 1.97. The Morgan fingerprint density at radius 2 is 2.00 bits per heavy atom. The van der Waals surface area contributed by atoms with E-state index in [1.807, 2.05) is 17.5 Å². The first-order valence-corrected chi connectivity index (χ1v) is 5.82. The van der Waals surface area contributed by atoms with E-state index in [2.05, 4.69) is 43.1 Å². The molecule has 15 heavy (non-hydrogen) atoms. The highest BCUT2D eigenvalue weighted by Crippen LogP contribution is 2.31. The fourth-order valence-corrected chi connectivity index (χ4v) is 2.97. The van der Waals surface area contributed by atoms with Crippen LogP contribution in [0.5, 0.6) is 0 Å². The van der Waals surface area contributed by atoms with Gasteiger partial charge in [-0.2, -0.15) is 0 Å². The lowest BCUT2D eigenvalue weighted by Crippen LogP contribution is -1.80. The Kier molecular flexibility index (Phi) is 1.80. The van der Waals surface area contributed by atoms with Crippen molar-refractivity contribution >= 4 is 32.3 Å². The third-order valence-electron chi connectivity index (χ3n) is 2.74. The largest absolute Gasteiger partial charge is 0.255 e. The second-order valence-corrected chi connectivity index (χ2v) is 5.12. The van der Waals surface area contributed by atoms with E-state index in [4.69, 9.17) is 0 Å². The summed E-state index contributed by atoms with van der Waals surface area (Å²) in [6, 6.07) is 8.59. The van der Waals surface area contributed by atoms with Crippen molar-refractivity contribution in [3.63, 3.8) is 0 Å². The summed E-state index contributed by atoms with van der Waals surface area (Å²) in [5.74, 6) is 0. The van der Waals surface area contributed by atoms with Gasteiger partial charge in [-0.25, -0.2) is 0 Å². The summed E-state index contributed by atoms with van der Waals surface area (Å²) in [6.45, 7) is 4.27. The predicted molar refractivity (Wildman–Crippen MR) is 66.6 cm³/mol. The average Bonchev–Trinajstić information content (AvgIpc) is 2.59. The minimum Gasteiger partial charge on any atom is -0.255 e. The van der Waals surface area contributed by atoms with Crippen LogP contribution in [-0.2, 0) is 0 Å². The van der Waals surface area contributed by atoms with Crippen LogP contribution in [0, 0.1) is 13.8 Å². The van der Waals surface area contributed by atoms with Gasteiger partial charge in [0.2, 0.25) is 0 Å². The van der Waals surface area contributed by atoms with Crippen LogP contribution in [0.4, 0.5) is 0 Å². The Labute approximate surface area is 92.4 Å². The summed E-state index contributed by atoms with van der Waals surface area (Å²) in [7, 11) is 0. The van der Waals surface area contributed by atoms with Crippen molar-refractivity contribution < 1.29 is 0 Å². The van der Waals surface area contributed by atoms with Crippen LogP contribution in [0.25, 0.3) is 21.0 Å². The van der Waals surface area contributed by atoms with Crippen molar-refractivity contribution in [3.05, 3.63) is 40.9 Å². The molecule has 3 rings (SSSR count). The van der Waals surface area contributed by atoms with E-state index in [-0.39, 0.29) is 0 Å². The van der Waals surface area contributed by atoms with Gasteiger partial charge in [0.1, 0.15) is 0 Å². The maximum Gasteiger partial charge on any atom is 0.0819 e. The normalized spacial score (nSPS) is 11.3. The molecule has 0 bridgehead atoms. The molecule has 1 aromatic carbocycles. The first-order chi connectivity index (χ1) is 7.25. The highest BCUT2D eigenvalue weighted by Gasteiger charge is 2.05. The van der Waals surface area contributed by atoms with Gasteiger partial charge in [0.05, 0.1) is 10.2 Å². The van der Waals surface area contributed by atoms with Crippen LogP contribution in [0.3, 0.4) is 0 Å². The lowest BCUT2D eigenvalue weighted by Gasteiger charge is -2.01. The second kappa shape index (κ2) is 3.04. The number of hydrogen-bond acceptors (Lipinski definition) is 2. The summed E-state index contributed by atoms with van der Waals surface area (Å²) < 4.78 is 1.31. The van der Waals surface area contributed by atoms with Gasteiger partial charge in [-0.3, -0.25) is 4.98 Å². The van der Waals surface area contributed by atoms with Gasteiger partial charge in [-0.1, -0.05) is 18.2 Å². The van der Waals surface area contributed by atoms with Gasteiger partial charge in [-0.05, 0) is 25.5 Å². The van der Waals surface area contributed by atoms with E-state index in [9.17, 15) is 0 Å². The number of nitrogens with zero attached hydrogens (tertiary/aromatic N) is 1. The number of aromatic nitrogens is 1. The zero-order valence-electron chi connectivity index (χ0n) is 8.74. The molecule has 2 aromatic heterocycles. The SMILES string of the molecule is Cc1cc2ncc3c(C)cccc3c2s1. The molecule has 0 radical (unpaired) electrons. The molecule has 3 aromatic rings. The summed E-state index contributed by atoms with van der Waals surface area (Å²) in [5.41, 5.74) is 2.42. The summed E-state index contributed by atoms with van der Waals surface area (Å²) in [6.07, 6.45) is 1.99. The molecule has 0 amide bonds. The summed E-state index contributed by atoms with van der Waals surface area (Å²) in [5, 5.41) is 2.60. The fraction of sp³-hybridized carbons (Fsp3) is 0.154. The van der Waals surface area contributed by atoms with Gasteiger partial charge >= 0.3 is 0 Å². The predicted octanol–water partition coefficient (Wildman–Crippen LogP) is 4.07. The molecular formula is C13H11NS. The van der Waals surface area contributed by atoms with Crippen molar-refractivity contribution in [1.82, 2.24) is 4.98 Å². The quantitative estimate of drug-likeness (QED) is 0.548. The Bertz CT molecular complexity index is 652.